The Morgan fingerprint density at radius 2 is 1.97 bits per heavy atom. The Kier molecular flexibility index (Phi) is 8.92. The van der Waals surface area contributed by atoms with Crippen LogP contribution in [0.15, 0.2) is 48.5 Å². The molecule has 3 N–H and O–H groups in total. The van der Waals surface area contributed by atoms with E-state index in [4.69, 9.17) is 9.47 Å². The number of piperidine rings is 1. The minimum absolute atomic E-state index is 0.106. The van der Waals surface area contributed by atoms with Crippen LogP contribution in [0.2, 0.25) is 0 Å². The second-order valence-corrected chi connectivity index (χ2v) is 8.92. The quantitative estimate of drug-likeness (QED) is 0.336. The molecule has 39 heavy (non-hydrogen) atoms. The second-order valence-electron chi connectivity index (χ2n) is 8.92. The summed E-state index contributed by atoms with van der Waals surface area (Å²) in [6.45, 7) is 2.34. The topological polar surface area (TPSA) is 98.7 Å². The van der Waals surface area contributed by atoms with Gasteiger partial charge in [0.1, 0.15) is 23.8 Å². The lowest BCUT2D eigenvalue weighted by Crippen LogP contribution is -2.44. The number of hydrogen-bond acceptors (Lipinski definition) is 6. The average Bonchev–Trinajstić information content (AvgIpc) is 3.20. The molecule has 3 aromatic rings. The predicted molar refractivity (Wildman–Crippen MR) is 135 cm³/mol. The van der Waals surface area contributed by atoms with Crippen molar-refractivity contribution < 1.29 is 36.6 Å². The fourth-order valence-corrected chi connectivity index (χ4v) is 4.14. The number of nitrogens with one attached hydrogen (secondary N) is 3. The molecule has 2 atom stereocenters. The summed E-state index contributed by atoms with van der Waals surface area (Å²) in [5.74, 6) is -0.0126. The van der Waals surface area contributed by atoms with Crippen molar-refractivity contribution in [2.24, 2.45) is 0 Å². The molecular weight excluding hydrogens is 522 g/mol. The van der Waals surface area contributed by atoms with Crippen molar-refractivity contribution in [3.8, 4) is 17.3 Å². The molecule has 2 heterocycles. The number of urea groups is 1. The van der Waals surface area contributed by atoms with Gasteiger partial charge in [0, 0.05) is 25.8 Å². The molecule has 13 heteroatoms. The summed E-state index contributed by atoms with van der Waals surface area (Å²) in [6, 6.07) is 12.3. The number of nitrogens with zero attached hydrogens (tertiary/aromatic N) is 2. The number of rotatable bonds is 9. The zero-order chi connectivity index (χ0) is 28.0. The maximum atomic E-state index is 14.4. The van der Waals surface area contributed by atoms with E-state index in [1.165, 1.54) is 30.0 Å². The highest BCUT2D eigenvalue weighted by atomic mass is 19.4. The lowest BCUT2D eigenvalue weighted by atomic mass is 10.1. The van der Waals surface area contributed by atoms with Crippen LogP contribution >= 0.6 is 0 Å². The summed E-state index contributed by atoms with van der Waals surface area (Å²) in [4.78, 5) is 12.9. The number of anilines is 1. The van der Waals surface area contributed by atoms with Gasteiger partial charge in [0.05, 0.1) is 17.9 Å². The van der Waals surface area contributed by atoms with Gasteiger partial charge in [-0.1, -0.05) is 24.3 Å². The van der Waals surface area contributed by atoms with E-state index in [2.05, 4.69) is 25.8 Å². The predicted octanol–water partition coefficient (Wildman–Crippen LogP) is 4.63. The molecule has 2 amide bonds. The molecule has 1 unspecified atom stereocenters. The number of benzene rings is 2. The molecule has 210 valence electrons. The Bertz CT molecular complexity index is 1270. The number of halogens is 4. The monoisotopic (exact) mass is 551 g/mol. The lowest BCUT2D eigenvalue weighted by molar-refractivity contribution is -0.274. The van der Waals surface area contributed by atoms with Crippen LogP contribution in [0.1, 0.15) is 23.1 Å². The Balaban J connectivity index is 1.55. The van der Waals surface area contributed by atoms with Gasteiger partial charge in [0.25, 0.3) is 0 Å². The minimum Gasteiger partial charge on any atom is -0.470 e. The maximum Gasteiger partial charge on any atom is 0.573 e. The van der Waals surface area contributed by atoms with Crippen LogP contribution in [0.25, 0.3) is 5.69 Å². The van der Waals surface area contributed by atoms with Crippen LogP contribution in [0.5, 0.6) is 11.6 Å². The van der Waals surface area contributed by atoms with Crippen LogP contribution in [0.4, 0.5) is 28.2 Å². The zero-order valence-corrected chi connectivity index (χ0v) is 21.3. The SMILES string of the molecule is COCc1ccc(OC(F)(F)F)c(CNC(=O)Nc2c(C)c(OC3CCNC[C@@H]3F)nn2-c2ccccc2)c1. The second kappa shape index (κ2) is 12.3. The molecule has 1 aliphatic heterocycles. The van der Waals surface area contributed by atoms with Crippen LogP contribution in [-0.4, -0.2) is 54.6 Å². The molecule has 0 radical (unpaired) electrons. The molecule has 0 spiro atoms. The first-order valence-corrected chi connectivity index (χ1v) is 12.2. The molecule has 9 nitrogen and oxygen atoms in total. The number of hydrogen-bond donors (Lipinski definition) is 3. The van der Waals surface area contributed by atoms with Crippen molar-refractivity contribution in [3.63, 3.8) is 0 Å². The molecule has 1 fully saturated rings. The summed E-state index contributed by atoms with van der Waals surface area (Å²) < 4.78 is 69.6. The van der Waals surface area contributed by atoms with E-state index in [9.17, 15) is 22.4 Å². The molecule has 0 aliphatic carbocycles. The fraction of sp³-hybridized carbons (Fsp3) is 0.385. The normalized spacial score (nSPS) is 17.5. The lowest BCUT2D eigenvalue weighted by Gasteiger charge is -2.26. The largest absolute Gasteiger partial charge is 0.573 e. The molecule has 1 aromatic heterocycles. The number of amides is 2. The van der Waals surface area contributed by atoms with Crippen molar-refractivity contribution in [2.45, 2.75) is 45.1 Å². The number of methoxy groups -OCH3 is 1. The Labute approximate surface area is 222 Å². The van der Waals surface area contributed by atoms with Crippen LogP contribution < -0.4 is 25.4 Å². The third-order valence-corrected chi connectivity index (χ3v) is 6.02. The van der Waals surface area contributed by atoms with Crippen molar-refractivity contribution in [2.75, 3.05) is 25.5 Å². The highest BCUT2D eigenvalue weighted by Crippen LogP contribution is 2.31. The third-order valence-electron chi connectivity index (χ3n) is 6.02. The molecule has 2 aromatic carbocycles. The van der Waals surface area contributed by atoms with E-state index in [1.807, 2.05) is 6.07 Å². The number of carbonyl (C=O) groups excluding carboxylic acids is 1. The Morgan fingerprint density at radius 1 is 1.21 bits per heavy atom. The van der Waals surface area contributed by atoms with Crippen LogP contribution in [0.3, 0.4) is 0 Å². The maximum absolute atomic E-state index is 14.4. The van der Waals surface area contributed by atoms with Crippen molar-refractivity contribution in [1.82, 2.24) is 20.4 Å². The van der Waals surface area contributed by atoms with Gasteiger partial charge in [-0.15, -0.1) is 18.3 Å². The van der Waals surface area contributed by atoms with Crippen molar-refractivity contribution in [3.05, 3.63) is 65.2 Å². The smallest absolute Gasteiger partial charge is 0.470 e. The molecule has 0 saturated carbocycles. The summed E-state index contributed by atoms with van der Waals surface area (Å²) in [6.07, 6.45) is -6.37. The molecular formula is C26H29F4N5O4. The number of aromatic nitrogens is 2. The van der Waals surface area contributed by atoms with E-state index < -0.39 is 30.4 Å². The number of ether oxygens (including phenoxy) is 3. The van der Waals surface area contributed by atoms with E-state index in [0.717, 1.165) is 0 Å². The molecule has 1 saturated heterocycles. The van der Waals surface area contributed by atoms with Crippen molar-refractivity contribution >= 4 is 11.8 Å². The third kappa shape index (κ3) is 7.39. The van der Waals surface area contributed by atoms with Gasteiger partial charge in [0.2, 0.25) is 5.88 Å². The summed E-state index contributed by atoms with van der Waals surface area (Å²) in [7, 11) is 1.46. The van der Waals surface area contributed by atoms with Gasteiger partial charge in [-0.05, 0) is 49.7 Å². The summed E-state index contributed by atoms with van der Waals surface area (Å²) in [5.41, 5.74) is 1.78. The number of para-hydroxylation sites is 1. The molecule has 0 bridgehead atoms. The fourth-order valence-electron chi connectivity index (χ4n) is 4.14. The number of alkyl halides is 4. The summed E-state index contributed by atoms with van der Waals surface area (Å²) >= 11 is 0. The molecule has 4 rings (SSSR count). The van der Waals surface area contributed by atoms with Gasteiger partial charge in [0.15, 0.2) is 0 Å². The highest BCUT2D eigenvalue weighted by Gasteiger charge is 2.32. The van der Waals surface area contributed by atoms with E-state index in [1.54, 1.807) is 31.2 Å². The number of carbonyl (C=O) groups is 1. The zero-order valence-electron chi connectivity index (χ0n) is 21.3. The van der Waals surface area contributed by atoms with Gasteiger partial charge < -0.3 is 24.8 Å². The highest BCUT2D eigenvalue weighted by molar-refractivity contribution is 5.89. The first-order valence-electron chi connectivity index (χ1n) is 12.2. The van der Waals surface area contributed by atoms with Gasteiger partial charge in [-0.25, -0.2) is 13.9 Å². The Morgan fingerprint density at radius 3 is 2.67 bits per heavy atom. The van der Waals surface area contributed by atoms with Crippen LogP contribution in [-0.2, 0) is 17.9 Å². The van der Waals surface area contributed by atoms with E-state index >= 15 is 0 Å². The van der Waals surface area contributed by atoms with Gasteiger partial charge in [-0.2, -0.15) is 0 Å². The van der Waals surface area contributed by atoms with Gasteiger partial charge >= 0.3 is 12.4 Å². The molecule has 1 aliphatic rings. The minimum atomic E-state index is -4.90. The standard InChI is InChI=1S/C26H29F4N5O4/c1-16-23(33-25(36)32-13-18-12-17(15-37-2)8-9-21(18)39-26(28,29)30)35(19-6-4-3-5-7-19)34-24(16)38-22-10-11-31-14-20(22)27/h3-9,12,20,22,31H,10-11,13-15H2,1-2H3,(H2,32,33,36)/t20-,22?/m0/s1. The Hall–Kier alpha value is -3.84. The van der Waals surface area contributed by atoms with E-state index in [-0.39, 0.29) is 37.0 Å². The first kappa shape index (κ1) is 28.2. The van der Waals surface area contributed by atoms with Gasteiger partial charge in [-0.3, -0.25) is 5.32 Å². The van der Waals surface area contributed by atoms with Crippen LogP contribution in [0, 0.1) is 6.92 Å². The first-order chi connectivity index (χ1) is 18.6. The van der Waals surface area contributed by atoms with E-state index in [0.29, 0.717) is 29.8 Å². The van der Waals surface area contributed by atoms with Crippen molar-refractivity contribution in [1.29, 1.82) is 0 Å². The summed E-state index contributed by atoms with van der Waals surface area (Å²) in [5, 5.41) is 12.7. The average molecular weight is 552 g/mol.